The van der Waals surface area contributed by atoms with Gasteiger partial charge in [0, 0.05) is 11.3 Å². The Bertz CT molecular complexity index is 878. The van der Waals surface area contributed by atoms with Crippen molar-refractivity contribution in [2.75, 3.05) is 17.7 Å². The van der Waals surface area contributed by atoms with Crippen molar-refractivity contribution in [1.29, 1.82) is 0 Å². The number of aromatic nitrogens is 2. The maximum absolute atomic E-state index is 12.0. The van der Waals surface area contributed by atoms with Gasteiger partial charge in [-0.25, -0.2) is 0 Å². The summed E-state index contributed by atoms with van der Waals surface area (Å²) in [6.45, 7) is 4.53. The SMILES string of the molecule is CCOc1ccc(-c2nnc(SCC(=O)Nc3cccc(C)c3)o2)cc1. The molecule has 0 saturated carbocycles. The predicted octanol–water partition coefficient (Wildman–Crippen LogP) is 4.17. The second-order valence-corrected chi connectivity index (χ2v) is 6.46. The van der Waals surface area contributed by atoms with Gasteiger partial charge in [0.2, 0.25) is 11.8 Å². The normalized spacial score (nSPS) is 10.5. The number of hydrogen-bond donors (Lipinski definition) is 1. The number of rotatable bonds is 7. The maximum atomic E-state index is 12.0. The molecule has 1 amide bonds. The first kappa shape index (κ1) is 18.0. The molecule has 0 unspecified atom stereocenters. The first-order valence-corrected chi connectivity index (χ1v) is 9.18. The predicted molar refractivity (Wildman–Crippen MR) is 101 cm³/mol. The van der Waals surface area contributed by atoms with Crippen molar-refractivity contribution in [2.45, 2.75) is 19.1 Å². The van der Waals surface area contributed by atoms with E-state index in [2.05, 4.69) is 15.5 Å². The summed E-state index contributed by atoms with van der Waals surface area (Å²) < 4.78 is 11.0. The lowest BCUT2D eigenvalue weighted by Gasteiger charge is -2.04. The van der Waals surface area contributed by atoms with E-state index in [0.717, 1.165) is 22.6 Å². The number of ether oxygens (including phenoxy) is 1. The van der Waals surface area contributed by atoms with Crippen LogP contribution in [0, 0.1) is 6.92 Å². The minimum absolute atomic E-state index is 0.124. The number of nitrogens with one attached hydrogen (secondary N) is 1. The minimum Gasteiger partial charge on any atom is -0.494 e. The summed E-state index contributed by atoms with van der Waals surface area (Å²) in [6.07, 6.45) is 0. The molecule has 0 aliphatic carbocycles. The number of carbonyl (C=O) groups is 1. The van der Waals surface area contributed by atoms with Crippen molar-refractivity contribution in [2.24, 2.45) is 0 Å². The Morgan fingerprint density at radius 3 is 2.73 bits per heavy atom. The van der Waals surface area contributed by atoms with Gasteiger partial charge in [0.05, 0.1) is 12.4 Å². The highest BCUT2D eigenvalue weighted by atomic mass is 32.2. The number of thioether (sulfide) groups is 1. The fraction of sp³-hybridized carbons (Fsp3) is 0.211. The first-order valence-electron chi connectivity index (χ1n) is 8.20. The van der Waals surface area contributed by atoms with Crippen LogP contribution in [0.2, 0.25) is 0 Å². The molecule has 0 aliphatic heterocycles. The second-order valence-electron chi connectivity index (χ2n) is 5.54. The highest BCUT2D eigenvalue weighted by molar-refractivity contribution is 7.99. The second kappa shape index (κ2) is 8.53. The first-order chi connectivity index (χ1) is 12.6. The van der Waals surface area contributed by atoms with Crippen molar-refractivity contribution >= 4 is 23.4 Å². The number of benzene rings is 2. The summed E-state index contributed by atoms with van der Waals surface area (Å²) in [4.78, 5) is 12.0. The van der Waals surface area contributed by atoms with Crippen LogP contribution in [0.3, 0.4) is 0 Å². The quantitative estimate of drug-likeness (QED) is 0.630. The van der Waals surface area contributed by atoms with Gasteiger partial charge < -0.3 is 14.5 Å². The van der Waals surface area contributed by atoms with Crippen LogP contribution in [0.15, 0.2) is 58.2 Å². The molecule has 0 saturated heterocycles. The van der Waals surface area contributed by atoms with Gasteiger partial charge >= 0.3 is 0 Å². The zero-order valence-electron chi connectivity index (χ0n) is 14.6. The Hall–Kier alpha value is -2.80. The Morgan fingerprint density at radius 1 is 1.19 bits per heavy atom. The Kier molecular flexibility index (Phi) is 5.91. The Labute approximate surface area is 156 Å². The van der Waals surface area contributed by atoms with Gasteiger partial charge in [-0.2, -0.15) is 0 Å². The highest BCUT2D eigenvalue weighted by Crippen LogP contribution is 2.25. The van der Waals surface area contributed by atoms with Crippen LogP contribution in [-0.2, 0) is 4.79 Å². The molecule has 1 N–H and O–H groups in total. The van der Waals surface area contributed by atoms with E-state index in [1.807, 2.05) is 62.4 Å². The van der Waals surface area contributed by atoms with Gasteiger partial charge in [0.15, 0.2) is 0 Å². The summed E-state index contributed by atoms with van der Waals surface area (Å²) in [5.74, 6) is 1.27. The molecule has 7 heteroatoms. The van der Waals surface area contributed by atoms with Gasteiger partial charge in [-0.3, -0.25) is 4.79 Å². The molecule has 1 aromatic heterocycles. The van der Waals surface area contributed by atoms with E-state index in [9.17, 15) is 4.79 Å². The van der Waals surface area contributed by atoms with Gasteiger partial charge in [-0.15, -0.1) is 10.2 Å². The average Bonchev–Trinajstić information content (AvgIpc) is 3.10. The Morgan fingerprint density at radius 2 is 2.00 bits per heavy atom. The lowest BCUT2D eigenvalue weighted by atomic mass is 10.2. The molecule has 0 atom stereocenters. The monoisotopic (exact) mass is 369 g/mol. The maximum Gasteiger partial charge on any atom is 0.277 e. The number of hydrogen-bond acceptors (Lipinski definition) is 6. The summed E-state index contributed by atoms with van der Waals surface area (Å²) in [6, 6.07) is 15.1. The van der Waals surface area contributed by atoms with Crippen molar-refractivity contribution in [3.05, 3.63) is 54.1 Å². The number of anilines is 1. The van der Waals surface area contributed by atoms with E-state index >= 15 is 0 Å². The highest BCUT2D eigenvalue weighted by Gasteiger charge is 2.11. The van der Waals surface area contributed by atoms with Crippen molar-refractivity contribution < 1.29 is 13.9 Å². The fourth-order valence-corrected chi connectivity index (χ4v) is 2.86. The molecule has 1 heterocycles. The molecular weight excluding hydrogens is 350 g/mol. The van der Waals surface area contributed by atoms with E-state index < -0.39 is 0 Å². The van der Waals surface area contributed by atoms with Crippen LogP contribution in [-0.4, -0.2) is 28.5 Å². The molecule has 134 valence electrons. The number of amides is 1. The molecule has 0 fully saturated rings. The van der Waals surface area contributed by atoms with E-state index in [1.54, 1.807) is 0 Å². The molecular formula is C19H19N3O3S. The number of nitrogens with zero attached hydrogens (tertiary/aromatic N) is 2. The van der Waals surface area contributed by atoms with Gasteiger partial charge in [-0.1, -0.05) is 23.9 Å². The van der Waals surface area contributed by atoms with Crippen molar-refractivity contribution in [3.8, 4) is 17.2 Å². The van der Waals surface area contributed by atoms with Crippen LogP contribution in [0.1, 0.15) is 12.5 Å². The van der Waals surface area contributed by atoms with E-state index in [1.165, 1.54) is 11.8 Å². The molecule has 3 rings (SSSR count). The largest absolute Gasteiger partial charge is 0.494 e. The number of carbonyl (C=O) groups excluding carboxylic acids is 1. The fourth-order valence-electron chi connectivity index (χ4n) is 2.29. The van der Waals surface area contributed by atoms with Gasteiger partial charge in [-0.05, 0) is 55.8 Å². The zero-order valence-corrected chi connectivity index (χ0v) is 15.4. The molecule has 26 heavy (non-hydrogen) atoms. The lowest BCUT2D eigenvalue weighted by Crippen LogP contribution is -2.13. The molecule has 0 spiro atoms. The molecule has 6 nitrogen and oxygen atoms in total. The molecule has 2 aromatic carbocycles. The summed E-state index contributed by atoms with van der Waals surface area (Å²) in [5, 5.41) is 11.2. The zero-order chi connectivity index (χ0) is 18.4. The standard InChI is InChI=1S/C19H19N3O3S/c1-3-24-16-9-7-14(8-10-16)18-21-22-19(25-18)26-12-17(23)20-15-6-4-5-13(2)11-15/h4-11H,3,12H2,1-2H3,(H,20,23). The molecule has 0 radical (unpaired) electrons. The summed E-state index contributed by atoms with van der Waals surface area (Å²) in [7, 11) is 0. The molecule has 0 aliphatic rings. The topological polar surface area (TPSA) is 77.2 Å². The smallest absolute Gasteiger partial charge is 0.277 e. The van der Waals surface area contributed by atoms with Gasteiger partial charge in [0.1, 0.15) is 5.75 Å². The van der Waals surface area contributed by atoms with E-state index in [-0.39, 0.29) is 11.7 Å². The van der Waals surface area contributed by atoms with Gasteiger partial charge in [0.25, 0.3) is 5.22 Å². The van der Waals surface area contributed by atoms with E-state index in [0.29, 0.717) is 17.7 Å². The van der Waals surface area contributed by atoms with Crippen molar-refractivity contribution in [3.63, 3.8) is 0 Å². The summed E-state index contributed by atoms with van der Waals surface area (Å²) in [5.41, 5.74) is 2.67. The van der Waals surface area contributed by atoms with Crippen LogP contribution in [0.25, 0.3) is 11.5 Å². The molecule has 3 aromatic rings. The van der Waals surface area contributed by atoms with Crippen molar-refractivity contribution in [1.82, 2.24) is 10.2 Å². The lowest BCUT2D eigenvalue weighted by molar-refractivity contribution is -0.113. The summed E-state index contributed by atoms with van der Waals surface area (Å²) >= 11 is 1.20. The van der Waals surface area contributed by atoms with Crippen LogP contribution in [0.4, 0.5) is 5.69 Å². The number of aryl methyl sites for hydroxylation is 1. The van der Waals surface area contributed by atoms with E-state index in [4.69, 9.17) is 9.15 Å². The third-order valence-corrected chi connectivity index (χ3v) is 4.27. The third kappa shape index (κ3) is 4.86. The van der Waals surface area contributed by atoms with Crippen LogP contribution < -0.4 is 10.1 Å². The Balaban J connectivity index is 1.55. The minimum atomic E-state index is -0.124. The van der Waals surface area contributed by atoms with Crippen LogP contribution in [0.5, 0.6) is 5.75 Å². The average molecular weight is 369 g/mol. The van der Waals surface area contributed by atoms with Crippen LogP contribution >= 0.6 is 11.8 Å². The third-order valence-electron chi connectivity index (χ3n) is 3.45. The molecule has 0 bridgehead atoms.